The zero-order valence-electron chi connectivity index (χ0n) is 5.02. The number of nitrogens with one attached hydrogen (secondary N) is 1. The SMILES string of the molecule is [B]c1c(C)n[nH]c1C. The van der Waals surface area contributed by atoms with Crippen LogP contribution in [0.3, 0.4) is 0 Å². The quantitative estimate of drug-likeness (QED) is 0.456. The number of aromatic amines is 1. The van der Waals surface area contributed by atoms with Gasteiger partial charge in [0.25, 0.3) is 0 Å². The van der Waals surface area contributed by atoms with E-state index < -0.39 is 0 Å². The van der Waals surface area contributed by atoms with Crippen molar-refractivity contribution in [3.05, 3.63) is 11.4 Å². The summed E-state index contributed by atoms with van der Waals surface area (Å²) in [4.78, 5) is 0. The van der Waals surface area contributed by atoms with Crippen LogP contribution in [0.1, 0.15) is 11.4 Å². The number of rotatable bonds is 0. The van der Waals surface area contributed by atoms with Gasteiger partial charge in [0.05, 0.1) is 5.69 Å². The molecule has 0 aromatic carbocycles. The minimum atomic E-state index is 0.769. The molecule has 1 aromatic rings. The van der Waals surface area contributed by atoms with Gasteiger partial charge in [0, 0.05) is 5.69 Å². The van der Waals surface area contributed by atoms with Gasteiger partial charge in [-0.25, -0.2) is 0 Å². The van der Waals surface area contributed by atoms with Crippen LogP contribution in [0.5, 0.6) is 0 Å². The maximum absolute atomic E-state index is 5.51. The van der Waals surface area contributed by atoms with Gasteiger partial charge >= 0.3 is 0 Å². The van der Waals surface area contributed by atoms with Crippen LogP contribution in [0.2, 0.25) is 0 Å². The molecule has 40 valence electrons. The van der Waals surface area contributed by atoms with Crippen molar-refractivity contribution in [3.8, 4) is 0 Å². The van der Waals surface area contributed by atoms with E-state index in [9.17, 15) is 0 Å². The highest BCUT2D eigenvalue weighted by Gasteiger charge is 1.95. The first-order valence-electron chi connectivity index (χ1n) is 2.49. The van der Waals surface area contributed by atoms with Gasteiger partial charge in [0.15, 0.2) is 0 Å². The van der Waals surface area contributed by atoms with Crippen LogP contribution in [-0.4, -0.2) is 18.0 Å². The van der Waals surface area contributed by atoms with Crippen LogP contribution in [0.25, 0.3) is 0 Å². The molecule has 2 radical (unpaired) electrons. The van der Waals surface area contributed by atoms with Gasteiger partial charge in [-0.3, -0.25) is 5.10 Å². The highest BCUT2D eigenvalue weighted by molar-refractivity contribution is 6.33. The minimum Gasteiger partial charge on any atom is -0.283 e. The first kappa shape index (κ1) is 5.41. The predicted octanol–water partition coefficient (Wildman–Crippen LogP) is -0.180. The zero-order chi connectivity index (χ0) is 6.15. The Kier molecular flexibility index (Phi) is 1.12. The predicted molar refractivity (Wildman–Crippen MR) is 33.4 cm³/mol. The van der Waals surface area contributed by atoms with Crippen LogP contribution in [0.15, 0.2) is 0 Å². The Labute approximate surface area is 49.7 Å². The Morgan fingerprint density at radius 1 is 1.50 bits per heavy atom. The fourth-order valence-electron chi connectivity index (χ4n) is 0.560. The molecule has 3 heteroatoms. The zero-order valence-corrected chi connectivity index (χ0v) is 5.02. The summed E-state index contributed by atoms with van der Waals surface area (Å²) < 4.78 is 0. The molecule has 0 aliphatic rings. The summed E-state index contributed by atoms with van der Waals surface area (Å²) in [5.41, 5.74) is 2.59. The second-order valence-corrected chi connectivity index (χ2v) is 1.85. The molecule has 0 unspecified atom stereocenters. The molecular formula is C5H7BN2. The van der Waals surface area contributed by atoms with Crippen molar-refractivity contribution in [2.75, 3.05) is 0 Å². The fourth-order valence-corrected chi connectivity index (χ4v) is 0.560. The van der Waals surface area contributed by atoms with E-state index in [1.165, 1.54) is 0 Å². The van der Waals surface area contributed by atoms with Crippen LogP contribution < -0.4 is 5.46 Å². The number of aryl methyl sites for hydroxylation is 2. The first-order chi connectivity index (χ1) is 3.72. The lowest BCUT2D eigenvalue weighted by Crippen LogP contribution is -2.05. The molecule has 1 aromatic heterocycles. The largest absolute Gasteiger partial charge is 0.283 e. The average molecular weight is 106 g/mol. The van der Waals surface area contributed by atoms with Crippen LogP contribution in [-0.2, 0) is 0 Å². The van der Waals surface area contributed by atoms with E-state index in [2.05, 4.69) is 10.2 Å². The van der Waals surface area contributed by atoms with Gasteiger partial charge < -0.3 is 0 Å². The molecule has 0 saturated carbocycles. The van der Waals surface area contributed by atoms with Crippen molar-refractivity contribution in [1.29, 1.82) is 0 Å². The van der Waals surface area contributed by atoms with Gasteiger partial charge in [0.2, 0.25) is 0 Å². The molecule has 0 aliphatic heterocycles. The van der Waals surface area contributed by atoms with Crippen molar-refractivity contribution in [2.45, 2.75) is 13.8 Å². The van der Waals surface area contributed by atoms with Gasteiger partial charge in [0.1, 0.15) is 7.85 Å². The third-order valence-corrected chi connectivity index (χ3v) is 1.19. The van der Waals surface area contributed by atoms with E-state index in [0.29, 0.717) is 0 Å². The third kappa shape index (κ3) is 0.640. The standard InChI is InChI=1S/C5H7BN2/c1-3-5(6)4(2)8-7-3/h1-2H3,(H,7,8). The molecule has 0 atom stereocenters. The highest BCUT2D eigenvalue weighted by atomic mass is 15.1. The molecule has 8 heavy (non-hydrogen) atoms. The van der Waals surface area contributed by atoms with Crippen molar-refractivity contribution in [1.82, 2.24) is 10.2 Å². The van der Waals surface area contributed by atoms with E-state index in [-0.39, 0.29) is 0 Å². The molecule has 2 nitrogen and oxygen atoms in total. The van der Waals surface area contributed by atoms with Gasteiger partial charge in [-0.2, -0.15) is 5.10 Å². The first-order valence-corrected chi connectivity index (χ1v) is 2.49. The summed E-state index contributed by atoms with van der Waals surface area (Å²) in [6.07, 6.45) is 0. The summed E-state index contributed by atoms with van der Waals surface area (Å²) in [7, 11) is 5.51. The molecule has 0 amide bonds. The topological polar surface area (TPSA) is 28.7 Å². The molecule has 0 fully saturated rings. The maximum atomic E-state index is 5.51. The maximum Gasteiger partial charge on any atom is 0.118 e. The van der Waals surface area contributed by atoms with E-state index >= 15 is 0 Å². The van der Waals surface area contributed by atoms with E-state index in [1.54, 1.807) is 0 Å². The Hall–Kier alpha value is -0.725. The monoisotopic (exact) mass is 106 g/mol. The summed E-state index contributed by atoms with van der Waals surface area (Å²) in [5.74, 6) is 0. The van der Waals surface area contributed by atoms with Crippen LogP contribution in [0, 0.1) is 13.8 Å². The van der Waals surface area contributed by atoms with E-state index in [1.807, 2.05) is 13.8 Å². The lowest BCUT2D eigenvalue weighted by molar-refractivity contribution is 1.02. The molecule has 1 rings (SSSR count). The second kappa shape index (κ2) is 1.65. The Balaban J connectivity index is 3.19. The Morgan fingerprint density at radius 2 is 2.12 bits per heavy atom. The minimum absolute atomic E-state index is 0.769. The Bertz CT molecular complexity index is 173. The second-order valence-electron chi connectivity index (χ2n) is 1.85. The number of hydrogen-bond donors (Lipinski definition) is 1. The third-order valence-electron chi connectivity index (χ3n) is 1.19. The number of nitrogens with zero attached hydrogens (tertiary/aromatic N) is 1. The normalized spacial score (nSPS) is 9.75. The van der Waals surface area contributed by atoms with Crippen LogP contribution in [0.4, 0.5) is 0 Å². The highest BCUT2D eigenvalue weighted by Crippen LogP contribution is 1.87. The van der Waals surface area contributed by atoms with Gasteiger partial charge in [-0.15, -0.1) is 0 Å². The molecule has 1 heterocycles. The number of H-pyrrole nitrogens is 1. The molecule has 1 N–H and O–H groups in total. The lowest BCUT2D eigenvalue weighted by atomic mass is 9.94. The smallest absolute Gasteiger partial charge is 0.118 e. The molecular weight excluding hydrogens is 98.9 g/mol. The summed E-state index contributed by atoms with van der Waals surface area (Å²) in [5, 5.41) is 6.63. The van der Waals surface area contributed by atoms with Crippen molar-refractivity contribution >= 4 is 13.3 Å². The van der Waals surface area contributed by atoms with Crippen molar-refractivity contribution in [2.24, 2.45) is 0 Å². The van der Waals surface area contributed by atoms with Gasteiger partial charge in [-0.1, -0.05) is 5.46 Å². The molecule has 0 spiro atoms. The van der Waals surface area contributed by atoms with Gasteiger partial charge in [-0.05, 0) is 13.8 Å². The average Bonchev–Trinajstić information content (AvgIpc) is 1.98. The van der Waals surface area contributed by atoms with E-state index in [4.69, 9.17) is 7.85 Å². The van der Waals surface area contributed by atoms with E-state index in [0.717, 1.165) is 16.9 Å². The van der Waals surface area contributed by atoms with Crippen molar-refractivity contribution in [3.63, 3.8) is 0 Å². The molecule has 0 aliphatic carbocycles. The lowest BCUT2D eigenvalue weighted by Gasteiger charge is -1.84. The fraction of sp³-hybridized carbons (Fsp3) is 0.400. The van der Waals surface area contributed by atoms with Crippen molar-refractivity contribution < 1.29 is 0 Å². The summed E-state index contributed by atoms with van der Waals surface area (Å²) in [6.45, 7) is 3.77. The Morgan fingerprint density at radius 3 is 2.25 bits per heavy atom. The molecule has 0 bridgehead atoms. The summed E-state index contributed by atoms with van der Waals surface area (Å²) in [6, 6.07) is 0. The van der Waals surface area contributed by atoms with Crippen LogP contribution >= 0.6 is 0 Å². The number of hydrogen-bond acceptors (Lipinski definition) is 1. The molecule has 0 saturated heterocycles. The summed E-state index contributed by atoms with van der Waals surface area (Å²) >= 11 is 0. The number of aromatic nitrogens is 2.